The molecule has 2 saturated heterocycles. The van der Waals surface area contributed by atoms with E-state index in [0.29, 0.717) is 18.4 Å². The van der Waals surface area contributed by atoms with Gasteiger partial charge in [-0.1, -0.05) is 6.92 Å². The second-order valence-corrected chi connectivity index (χ2v) is 6.98. The van der Waals surface area contributed by atoms with E-state index in [0.717, 1.165) is 32.1 Å². The molecular weight excluding hydrogens is 419 g/mol. The second kappa shape index (κ2) is 10.4. The fraction of sp³-hybridized carbons (Fsp3) is 0.882. The zero-order valence-corrected chi connectivity index (χ0v) is 17.8. The maximum atomic E-state index is 11.9. The van der Waals surface area contributed by atoms with Crippen LogP contribution in [0.4, 0.5) is 0 Å². The van der Waals surface area contributed by atoms with E-state index in [-0.39, 0.29) is 35.9 Å². The van der Waals surface area contributed by atoms with Crippen LogP contribution in [0.5, 0.6) is 0 Å². The van der Waals surface area contributed by atoms with Crippen molar-refractivity contribution >= 4 is 35.9 Å². The lowest BCUT2D eigenvalue weighted by Gasteiger charge is -2.29. The standard InChI is InChI=1S/C17H32N4O2.HI/c1-5-18-17(19-9-14-7-6-8-20(3)11-14)21-10-13(2)15(12-21)16(22)23-4;/h13-15H,5-12H2,1-4H3,(H,18,19);1H. The van der Waals surface area contributed by atoms with E-state index in [9.17, 15) is 4.79 Å². The molecule has 0 radical (unpaired) electrons. The highest BCUT2D eigenvalue weighted by Gasteiger charge is 2.36. The van der Waals surface area contributed by atoms with E-state index in [2.05, 4.69) is 36.0 Å². The monoisotopic (exact) mass is 452 g/mol. The summed E-state index contributed by atoms with van der Waals surface area (Å²) in [5.41, 5.74) is 0. The molecule has 3 atom stereocenters. The van der Waals surface area contributed by atoms with Crippen molar-refractivity contribution < 1.29 is 9.53 Å². The number of esters is 1. The Labute approximate surface area is 163 Å². The van der Waals surface area contributed by atoms with Crippen LogP contribution in [0.2, 0.25) is 0 Å². The molecule has 140 valence electrons. The molecule has 6 nitrogen and oxygen atoms in total. The van der Waals surface area contributed by atoms with Crippen LogP contribution < -0.4 is 5.32 Å². The van der Waals surface area contributed by atoms with Crippen molar-refractivity contribution in [3.8, 4) is 0 Å². The van der Waals surface area contributed by atoms with Crippen molar-refractivity contribution in [2.45, 2.75) is 26.7 Å². The number of carbonyl (C=O) groups excluding carboxylic acids is 1. The topological polar surface area (TPSA) is 57.2 Å². The van der Waals surface area contributed by atoms with Gasteiger partial charge in [-0.3, -0.25) is 9.79 Å². The Morgan fingerprint density at radius 2 is 2.08 bits per heavy atom. The number of aliphatic imine (C=N–C) groups is 1. The van der Waals surface area contributed by atoms with Crippen molar-refractivity contribution in [2.24, 2.45) is 22.7 Å². The van der Waals surface area contributed by atoms with Gasteiger partial charge in [0.1, 0.15) is 0 Å². The molecule has 0 aromatic carbocycles. The molecule has 3 unspecified atom stereocenters. The lowest BCUT2D eigenvalue weighted by atomic mass is 9.99. The third-order valence-electron chi connectivity index (χ3n) is 4.97. The first kappa shape index (κ1) is 21.5. The number of nitrogens with zero attached hydrogens (tertiary/aromatic N) is 3. The SMILES string of the molecule is CCNC(=NCC1CCCN(C)C1)N1CC(C)C(C(=O)OC)C1.I. The van der Waals surface area contributed by atoms with E-state index in [1.54, 1.807) is 0 Å². The van der Waals surface area contributed by atoms with Crippen LogP contribution in [-0.4, -0.2) is 75.2 Å². The number of carbonyl (C=O) groups is 1. The van der Waals surface area contributed by atoms with Crippen LogP contribution in [-0.2, 0) is 9.53 Å². The largest absolute Gasteiger partial charge is 0.469 e. The molecule has 0 aromatic heterocycles. The molecule has 24 heavy (non-hydrogen) atoms. The van der Waals surface area contributed by atoms with Gasteiger partial charge in [-0.25, -0.2) is 0 Å². The Hall–Kier alpha value is -0.570. The third kappa shape index (κ3) is 5.75. The summed E-state index contributed by atoms with van der Waals surface area (Å²) >= 11 is 0. The van der Waals surface area contributed by atoms with Gasteiger partial charge in [-0.15, -0.1) is 24.0 Å². The number of guanidine groups is 1. The van der Waals surface area contributed by atoms with Crippen LogP contribution in [0.3, 0.4) is 0 Å². The molecule has 2 heterocycles. The summed E-state index contributed by atoms with van der Waals surface area (Å²) in [4.78, 5) is 21.3. The number of piperidine rings is 1. The number of hydrogen-bond donors (Lipinski definition) is 1. The predicted molar refractivity (Wildman–Crippen MR) is 108 cm³/mol. The van der Waals surface area contributed by atoms with E-state index in [1.165, 1.54) is 26.5 Å². The summed E-state index contributed by atoms with van der Waals surface area (Å²) in [6.45, 7) is 9.79. The van der Waals surface area contributed by atoms with Gasteiger partial charge < -0.3 is 19.9 Å². The molecular formula is C17H33IN4O2. The van der Waals surface area contributed by atoms with E-state index < -0.39 is 0 Å². The van der Waals surface area contributed by atoms with Crippen LogP contribution in [0.15, 0.2) is 4.99 Å². The van der Waals surface area contributed by atoms with Crippen molar-refractivity contribution in [1.82, 2.24) is 15.1 Å². The first-order valence-electron chi connectivity index (χ1n) is 8.84. The Balaban J connectivity index is 0.00000288. The molecule has 2 aliphatic rings. The number of nitrogens with one attached hydrogen (secondary N) is 1. The molecule has 7 heteroatoms. The normalized spacial score (nSPS) is 28.4. The fourth-order valence-corrected chi connectivity index (χ4v) is 3.66. The van der Waals surface area contributed by atoms with E-state index in [1.807, 2.05) is 0 Å². The van der Waals surface area contributed by atoms with Gasteiger partial charge in [0.2, 0.25) is 0 Å². The molecule has 2 rings (SSSR count). The van der Waals surface area contributed by atoms with Crippen molar-refractivity contribution in [3.05, 3.63) is 0 Å². The number of likely N-dealkylation sites (tertiary alicyclic amines) is 2. The van der Waals surface area contributed by atoms with Gasteiger partial charge in [0.15, 0.2) is 5.96 Å². The quantitative estimate of drug-likeness (QED) is 0.304. The van der Waals surface area contributed by atoms with Gasteiger partial charge >= 0.3 is 5.97 Å². The molecule has 0 amide bonds. The maximum Gasteiger partial charge on any atom is 0.310 e. The van der Waals surface area contributed by atoms with Crippen molar-refractivity contribution in [2.75, 3.05) is 53.4 Å². The first-order chi connectivity index (χ1) is 11.0. The predicted octanol–water partition coefficient (Wildman–Crippen LogP) is 1.65. The molecule has 2 fully saturated rings. The summed E-state index contributed by atoms with van der Waals surface area (Å²) in [6, 6.07) is 0. The minimum atomic E-state index is -0.107. The average molecular weight is 452 g/mol. The molecule has 2 aliphatic heterocycles. The van der Waals surface area contributed by atoms with Crippen LogP contribution in [0, 0.1) is 17.8 Å². The zero-order valence-electron chi connectivity index (χ0n) is 15.5. The zero-order chi connectivity index (χ0) is 16.8. The third-order valence-corrected chi connectivity index (χ3v) is 4.97. The number of hydrogen-bond acceptors (Lipinski definition) is 4. The highest BCUT2D eigenvalue weighted by molar-refractivity contribution is 14.0. The summed E-state index contributed by atoms with van der Waals surface area (Å²) in [5.74, 6) is 1.72. The Bertz CT molecular complexity index is 433. The average Bonchev–Trinajstić information content (AvgIpc) is 2.92. The van der Waals surface area contributed by atoms with Crippen LogP contribution >= 0.6 is 24.0 Å². The number of halogens is 1. The fourth-order valence-electron chi connectivity index (χ4n) is 3.66. The van der Waals surface area contributed by atoms with Crippen molar-refractivity contribution in [1.29, 1.82) is 0 Å². The highest BCUT2D eigenvalue weighted by atomic mass is 127. The summed E-state index contributed by atoms with van der Waals surface area (Å²) in [6.07, 6.45) is 2.52. The molecule has 0 aromatic rings. The smallest absolute Gasteiger partial charge is 0.310 e. The van der Waals surface area contributed by atoms with Crippen LogP contribution in [0.25, 0.3) is 0 Å². The maximum absolute atomic E-state index is 11.9. The molecule has 0 spiro atoms. The summed E-state index contributed by atoms with van der Waals surface area (Å²) in [5, 5.41) is 3.38. The first-order valence-corrected chi connectivity index (χ1v) is 8.84. The highest BCUT2D eigenvalue weighted by Crippen LogP contribution is 2.24. The molecule has 0 aliphatic carbocycles. The number of methoxy groups -OCH3 is 1. The second-order valence-electron chi connectivity index (χ2n) is 6.98. The number of ether oxygens (including phenoxy) is 1. The molecule has 0 bridgehead atoms. The van der Waals surface area contributed by atoms with Gasteiger partial charge in [0, 0.05) is 32.7 Å². The van der Waals surface area contributed by atoms with E-state index in [4.69, 9.17) is 9.73 Å². The van der Waals surface area contributed by atoms with Crippen molar-refractivity contribution in [3.63, 3.8) is 0 Å². The Morgan fingerprint density at radius 3 is 2.71 bits per heavy atom. The van der Waals surface area contributed by atoms with Gasteiger partial charge in [-0.2, -0.15) is 0 Å². The Kier molecular flexibility index (Phi) is 9.33. The molecule has 1 N–H and O–H groups in total. The summed E-state index contributed by atoms with van der Waals surface area (Å²) < 4.78 is 4.93. The summed E-state index contributed by atoms with van der Waals surface area (Å²) in [7, 11) is 3.65. The van der Waals surface area contributed by atoms with E-state index >= 15 is 0 Å². The molecule has 0 saturated carbocycles. The minimum absolute atomic E-state index is 0. The lowest BCUT2D eigenvalue weighted by molar-refractivity contribution is -0.145. The van der Waals surface area contributed by atoms with Gasteiger partial charge in [0.05, 0.1) is 13.0 Å². The van der Waals surface area contributed by atoms with Gasteiger partial charge in [-0.05, 0) is 45.2 Å². The van der Waals surface area contributed by atoms with Crippen LogP contribution in [0.1, 0.15) is 26.7 Å². The Morgan fingerprint density at radius 1 is 1.33 bits per heavy atom. The number of rotatable bonds is 4. The van der Waals surface area contributed by atoms with Gasteiger partial charge in [0.25, 0.3) is 0 Å². The minimum Gasteiger partial charge on any atom is -0.469 e. The lowest BCUT2D eigenvalue weighted by Crippen LogP contribution is -2.41.